The first-order valence-electron chi connectivity index (χ1n) is 6.22. The molecule has 1 heterocycles. The molecule has 0 spiro atoms. The summed E-state index contributed by atoms with van der Waals surface area (Å²) in [5, 5.41) is 2.70. The average Bonchev–Trinajstić information content (AvgIpc) is 2.54. The van der Waals surface area contributed by atoms with Gasteiger partial charge in [0.1, 0.15) is 11.6 Å². The van der Waals surface area contributed by atoms with Crippen LogP contribution in [0.25, 0.3) is 0 Å². The molecule has 2 aromatic rings. The molecule has 110 valence electrons. The lowest BCUT2D eigenvalue weighted by Crippen LogP contribution is -2.14. The minimum atomic E-state index is -0.341. The van der Waals surface area contributed by atoms with E-state index in [1.807, 2.05) is 0 Å². The van der Waals surface area contributed by atoms with E-state index in [2.05, 4.69) is 10.3 Å². The predicted molar refractivity (Wildman–Crippen MR) is 78.3 cm³/mol. The van der Waals surface area contributed by atoms with Crippen molar-refractivity contribution in [2.75, 3.05) is 26.6 Å². The van der Waals surface area contributed by atoms with Crippen molar-refractivity contribution in [3.63, 3.8) is 0 Å². The molecule has 6 nitrogen and oxygen atoms in total. The van der Waals surface area contributed by atoms with Gasteiger partial charge in [0.25, 0.3) is 5.91 Å². The Morgan fingerprint density at radius 1 is 1.00 bits per heavy atom. The Hall–Kier alpha value is -2.76. The van der Waals surface area contributed by atoms with E-state index in [0.29, 0.717) is 28.6 Å². The molecule has 0 aliphatic heterocycles. The third-order valence-corrected chi connectivity index (χ3v) is 2.86. The SMILES string of the molecule is COc1cc(OC)c(C(=O)Nc2ccccn2)cc1OC. The molecule has 0 fully saturated rings. The van der Waals surface area contributed by atoms with Gasteiger partial charge in [0.2, 0.25) is 0 Å². The molecule has 1 aromatic carbocycles. The second-order valence-corrected chi connectivity index (χ2v) is 4.08. The summed E-state index contributed by atoms with van der Waals surface area (Å²) in [5.41, 5.74) is 0.334. The molecule has 1 N–H and O–H groups in total. The molecule has 0 saturated heterocycles. The monoisotopic (exact) mass is 288 g/mol. The molecule has 21 heavy (non-hydrogen) atoms. The van der Waals surface area contributed by atoms with Crippen LogP contribution in [0.3, 0.4) is 0 Å². The molecule has 0 saturated carbocycles. The fourth-order valence-electron chi connectivity index (χ4n) is 1.83. The molecule has 6 heteroatoms. The van der Waals surface area contributed by atoms with Gasteiger partial charge in [-0.25, -0.2) is 4.98 Å². The number of hydrogen-bond donors (Lipinski definition) is 1. The van der Waals surface area contributed by atoms with Crippen LogP contribution in [0.5, 0.6) is 17.2 Å². The quantitative estimate of drug-likeness (QED) is 0.914. The smallest absolute Gasteiger partial charge is 0.260 e. The van der Waals surface area contributed by atoms with E-state index in [1.165, 1.54) is 21.3 Å². The number of nitrogens with zero attached hydrogens (tertiary/aromatic N) is 1. The maximum atomic E-state index is 12.3. The zero-order chi connectivity index (χ0) is 15.2. The van der Waals surface area contributed by atoms with Gasteiger partial charge in [0.15, 0.2) is 11.5 Å². The van der Waals surface area contributed by atoms with Crippen molar-refractivity contribution >= 4 is 11.7 Å². The summed E-state index contributed by atoms with van der Waals surface area (Å²) >= 11 is 0. The van der Waals surface area contributed by atoms with Crippen LogP contribution in [0, 0.1) is 0 Å². The third kappa shape index (κ3) is 3.22. The molecule has 1 aromatic heterocycles. The highest BCUT2D eigenvalue weighted by molar-refractivity contribution is 6.06. The second-order valence-electron chi connectivity index (χ2n) is 4.08. The van der Waals surface area contributed by atoms with Crippen molar-refractivity contribution in [2.45, 2.75) is 0 Å². The maximum Gasteiger partial charge on any atom is 0.260 e. The number of methoxy groups -OCH3 is 3. The number of anilines is 1. The molecule has 1 amide bonds. The summed E-state index contributed by atoms with van der Waals surface area (Å²) in [6.07, 6.45) is 1.60. The minimum Gasteiger partial charge on any atom is -0.496 e. The summed E-state index contributed by atoms with van der Waals surface area (Å²) < 4.78 is 15.6. The topological polar surface area (TPSA) is 69.7 Å². The Bertz CT molecular complexity index is 629. The number of nitrogens with one attached hydrogen (secondary N) is 1. The van der Waals surface area contributed by atoms with Gasteiger partial charge in [-0.3, -0.25) is 4.79 Å². The third-order valence-electron chi connectivity index (χ3n) is 2.86. The minimum absolute atomic E-state index is 0.334. The standard InChI is InChI=1S/C15H16N2O4/c1-19-11-9-13(21-3)12(20-2)8-10(11)15(18)17-14-6-4-5-7-16-14/h4-9H,1-3H3,(H,16,17,18). The van der Waals surface area contributed by atoms with E-state index in [4.69, 9.17) is 14.2 Å². The van der Waals surface area contributed by atoms with Crippen molar-refractivity contribution in [1.82, 2.24) is 4.98 Å². The van der Waals surface area contributed by atoms with Crippen molar-refractivity contribution in [1.29, 1.82) is 0 Å². The Balaban J connectivity index is 2.35. The zero-order valence-electron chi connectivity index (χ0n) is 12.0. The van der Waals surface area contributed by atoms with Crippen LogP contribution >= 0.6 is 0 Å². The van der Waals surface area contributed by atoms with Gasteiger partial charge < -0.3 is 19.5 Å². The van der Waals surface area contributed by atoms with Crippen LogP contribution in [-0.2, 0) is 0 Å². The van der Waals surface area contributed by atoms with E-state index in [0.717, 1.165) is 0 Å². The van der Waals surface area contributed by atoms with E-state index in [1.54, 1.807) is 36.5 Å². The van der Waals surface area contributed by atoms with Crippen LogP contribution < -0.4 is 19.5 Å². The summed E-state index contributed by atoms with van der Waals surface area (Å²) in [6, 6.07) is 8.42. The number of carbonyl (C=O) groups excluding carboxylic acids is 1. The van der Waals surface area contributed by atoms with Gasteiger partial charge in [-0.2, -0.15) is 0 Å². The van der Waals surface area contributed by atoms with Crippen LogP contribution in [0.1, 0.15) is 10.4 Å². The summed E-state index contributed by atoms with van der Waals surface area (Å²) in [6.45, 7) is 0. The molecular weight excluding hydrogens is 272 g/mol. The first kappa shape index (κ1) is 14.6. The molecule has 0 unspecified atom stereocenters. The van der Waals surface area contributed by atoms with E-state index < -0.39 is 0 Å². The van der Waals surface area contributed by atoms with Crippen LogP contribution in [-0.4, -0.2) is 32.2 Å². The van der Waals surface area contributed by atoms with E-state index >= 15 is 0 Å². The number of benzene rings is 1. The predicted octanol–water partition coefficient (Wildman–Crippen LogP) is 2.36. The zero-order valence-corrected chi connectivity index (χ0v) is 12.0. The molecule has 2 rings (SSSR count). The highest BCUT2D eigenvalue weighted by Crippen LogP contribution is 2.34. The first-order valence-corrected chi connectivity index (χ1v) is 6.22. The summed E-state index contributed by atoms with van der Waals surface area (Å²) in [5.74, 6) is 1.44. The van der Waals surface area contributed by atoms with Gasteiger partial charge in [-0.15, -0.1) is 0 Å². The highest BCUT2D eigenvalue weighted by Gasteiger charge is 2.18. The van der Waals surface area contributed by atoms with Crippen LogP contribution in [0.15, 0.2) is 36.5 Å². The van der Waals surface area contributed by atoms with Gasteiger partial charge in [-0.1, -0.05) is 6.07 Å². The lowest BCUT2D eigenvalue weighted by Gasteiger charge is -2.13. The van der Waals surface area contributed by atoms with Gasteiger partial charge >= 0.3 is 0 Å². The Morgan fingerprint density at radius 3 is 2.24 bits per heavy atom. The molecule has 0 radical (unpaired) electrons. The fourth-order valence-corrected chi connectivity index (χ4v) is 1.83. The lowest BCUT2D eigenvalue weighted by atomic mass is 10.1. The number of pyridine rings is 1. The van der Waals surface area contributed by atoms with Crippen molar-refractivity contribution in [2.24, 2.45) is 0 Å². The number of carbonyl (C=O) groups is 1. The molecular formula is C15H16N2O4. The highest BCUT2D eigenvalue weighted by atomic mass is 16.5. The largest absolute Gasteiger partial charge is 0.496 e. The van der Waals surface area contributed by atoms with Crippen LogP contribution in [0.4, 0.5) is 5.82 Å². The van der Waals surface area contributed by atoms with Gasteiger partial charge in [0, 0.05) is 18.3 Å². The normalized spacial score (nSPS) is 9.86. The number of aromatic nitrogens is 1. The number of rotatable bonds is 5. The number of amides is 1. The molecule has 0 bridgehead atoms. The lowest BCUT2D eigenvalue weighted by molar-refractivity contribution is 0.102. The number of hydrogen-bond acceptors (Lipinski definition) is 5. The first-order chi connectivity index (χ1) is 10.2. The Morgan fingerprint density at radius 2 is 1.67 bits per heavy atom. The molecule has 0 atom stereocenters. The summed E-state index contributed by atoms with van der Waals surface area (Å²) in [7, 11) is 4.51. The number of ether oxygens (including phenoxy) is 3. The van der Waals surface area contributed by atoms with Crippen LogP contribution in [0.2, 0.25) is 0 Å². The molecule has 0 aliphatic rings. The van der Waals surface area contributed by atoms with Gasteiger partial charge in [0.05, 0.1) is 26.9 Å². The second kappa shape index (κ2) is 6.60. The molecule has 0 aliphatic carbocycles. The average molecular weight is 288 g/mol. The summed E-state index contributed by atoms with van der Waals surface area (Å²) in [4.78, 5) is 16.4. The Kier molecular flexibility index (Phi) is 4.61. The van der Waals surface area contributed by atoms with E-state index in [9.17, 15) is 4.79 Å². The van der Waals surface area contributed by atoms with Crippen molar-refractivity contribution in [3.8, 4) is 17.2 Å². The Labute approximate surface area is 122 Å². The van der Waals surface area contributed by atoms with Crippen molar-refractivity contribution in [3.05, 3.63) is 42.1 Å². The van der Waals surface area contributed by atoms with Crippen molar-refractivity contribution < 1.29 is 19.0 Å². The fraction of sp³-hybridized carbons (Fsp3) is 0.200. The van der Waals surface area contributed by atoms with E-state index in [-0.39, 0.29) is 5.91 Å². The van der Waals surface area contributed by atoms with Gasteiger partial charge in [-0.05, 0) is 12.1 Å². The maximum absolute atomic E-state index is 12.3.